The van der Waals surface area contributed by atoms with Crippen molar-refractivity contribution in [1.82, 2.24) is 0 Å². The van der Waals surface area contributed by atoms with Crippen LogP contribution in [0.3, 0.4) is 0 Å². The highest BCUT2D eigenvalue weighted by molar-refractivity contribution is 8.15. The minimum atomic E-state index is -0.698. The second kappa shape index (κ2) is 9.11. The quantitative estimate of drug-likeness (QED) is 0.372. The summed E-state index contributed by atoms with van der Waals surface area (Å²) in [5.74, 6) is 1.91. The van der Waals surface area contributed by atoms with Gasteiger partial charge in [-0.1, -0.05) is 12.2 Å². The minimum Gasteiger partial charge on any atom is -0.481 e. The number of aliphatic carboxylic acids is 1. The molecular formula is C16H26O3S2. The Morgan fingerprint density at radius 2 is 2.05 bits per heavy atom. The van der Waals surface area contributed by atoms with E-state index in [1.165, 1.54) is 23.7 Å². The van der Waals surface area contributed by atoms with E-state index in [0.717, 1.165) is 19.3 Å². The van der Waals surface area contributed by atoms with Gasteiger partial charge < -0.3 is 9.84 Å². The van der Waals surface area contributed by atoms with Gasteiger partial charge in [-0.3, -0.25) is 4.79 Å². The molecular weight excluding hydrogens is 304 g/mol. The maximum absolute atomic E-state index is 10.5. The SMILES string of the molecule is CSCSCC1C2CCC(O2)C1C/C=C\CCCC(=O)O. The lowest BCUT2D eigenvalue weighted by Crippen LogP contribution is -2.28. The lowest BCUT2D eigenvalue weighted by molar-refractivity contribution is -0.137. The van der Waals surface area contributed by atoms with E-state index in [4.69, 9.17) is 9.84 Å². The molecule has 0 aromatic heterocycles. The molecule has 2 bridgehead atoms. The van der Waals surface area contributed by atoms with E-state index in [-0.39, 0.29) is 6.42 Å². The zero-order valence-electron chi connectivity index (χ0n) is 12.7. The fourth-order valence-electron chi connectivity index (χ4n) is 3.44. The Balaban J connectivity index is 1.72. The van der Waals surface area contributed by atoms with Crippen molar-refractivity contribution in [1.29, 1.82) is 0 Å². The molecule has 2 fully saturated rings. The highest BCUT2D eigenvalue weighted by Gasteiger charge is 2.47. The zero-order chi connectivity index (χ0) is 15.1. The topological polar surface area (TPSA) is 46.5 Å². The first-order valence-corrected chi connectivity index (χ1v) is 10.4. The van der Waals surface area contributed by atoms with Gasteiger partial charge in [0.05, 0.1) is 12.2 Å². The van der Waals surface area contributed by atoms with Crippen molar-refractivity contribution < 1.29 is 14.6 Å². The second-order valence-electron chi connectivity index (χ2n) is 5.89. The van der Waals surface area contributed by atoms with E-state index in [1.54, 1.807) is 0 Å². The summed E-state index contributed by atoms with van der Waals surface area (Å²) in [5.41, 5.74) is 0. The Morgan fingerprint density at radius 1 is 1.29 bits per heavy atom. The third-order valence-corrected chi connectivity index (χ3v) is 6.67. The summed E-state index contributed by atoms with van der Waals surface area (Å²) in [6.45, 7) is 0. The Labute approximate surface area is 136 Å². The third-order valence-electron chi connectivity index (χ3n) is 4.44. The number of rotatable bonds is 10. The van der Waals surface area contributed by atoms with Crippen molar-refractivity contribution in [3.63, 3.8) is 0 Å². The average molecular weight is 331 g/mol. The number of carboxylic acid groups (broad SMARTS) is 1. The zero-order valence-corrected chi connectivity index (χ0v) is 14.3. The van der Waals surface area contributed by atoms with Crippen LogP contribution in [0.1, 0.15) is 38.5 Å². The number of allylic oxidation sites excluding steroid dienone is 2. The van der Waals surface area contributed by atoms with E-state index < -0.39 is 5.97 Å². The van der Waals surface area contributed by atoms with Crippen LogP contribution >= 0.6 is 23.5 Å². The van der Waals surface area contributed by atoms with Gasteiger partial charge in [-0.05, 0) is 55.9 Å². The molecule has 4 unspecified atom stereocenters. The highest BCUT2D eigenvalue weighted by Crippen LogP contribution is 2.46. The van der Waals surface area contributed by atoms with Crippen molar-refractivity contribution in [2.24, 2.45) is 11.8 Å². The first kappa shape index (κ1) is 17.2. The smallest absolute Gasteiger partial charge is 0.303 e. The van der Waals surface area contributed by atoms with Gasteiger partial charge in [-0.15, -0.1) is 0 Å². The fraction of sp³-hybridized carbons (Fsp3) is 0.812. The molecule has 120 valence electrons. The van der Waals surface area contributed by atoms with Gasteiger partial charge >= 0.3 is 5.97 Å². The molecule has 0 aromatic carbocycles. The van der Waals surface area contributed by atoms with Crippen molar-refractivity contribution >= 4 is 29.5 Å². The van der Waals surface area contributed by atoms with Gasteiger partial charge in [-0.2, -0.15) is 23.5 Å². The largest absolute Gasteiger partial charge is 0.481 e. The fourth-order valence-corrected chi connectivity index (χ4v) is 5.22. The second-order valence-corrected chi connectivity index (χ2v) is 8.15. The monoisotopic (exact) mass is 330 g/mol. The number of hydrogen-bond acceptors (Lipinski definition) is 4. The third kappa shape index (κ3) is 5.22. The number of thioether (sulfide) groups is 2. The van der Waals surface area contributed by atoms with Crippen molar-refractivity contribution in [2.75, 3.05) is 17.1 Å². The maximum Gasteiger partial charge on any atom is 0.303 e. The van der Waals surface area contributed by atoms with Gasteiger partial charge in [0.2, 0.25) is 0 Å². The van der Waals surface area contributed by atoms with Crippen LogP contribution in [0, 0.1) is 11.8 Å². The molecule has 2 aliphatic rings. The van der Waals surface area contributed by atoms with E-state index in [0.29, 0.717) is 24.0 Å². The van der Waals surface area contributed by atoms with E-state index in [9.17, 15) is 4.79 Å². The van der Waals surface area contributed by atoms with E-state index >= 15 is 0 Å². The molecule has 2 aliphatic heterocycles. The van der Waals surface area contributed by atoms with Gasteiger partial charge in [0.25, 0.3) is 0 Å². The number of unbranched alkanes of at least 4 members (excludes halogenated alkanes) is 1. The molecule has 0 radical (unpaired) electrons. The van der Waals surface area contributed by atoms with Crippen LogP contribution in [0.2, 0.25) is 0 Å². The maximum atomic E-state index is 10.5. The van der Waals surface area contributed by atoms with Crippen molar-refractivity contribution in [3.05, 3.63) is 12.2 Å². The van der Waals surface area contributed by atoms with Crippen molar-refractivity contribution in [2.45, 2.75) is 50.7 Å². The lowest BCUT2D eigenvalue weighted by Gasteiger charge is -2.26. The first-order chi connectivity index (χ1) is 10.2. The molecule has 21 heavy (non-hydrogen) atoms. The molecule has 0 aromatic rings. The minimum absolute atomic E-state index is 0.273. The molecule has 4 atom stereocenters. The van der Waals surface area contributed by atoms with E-state index in [2.05, 4.69) is 18.4 Å². The van der Waals surface area contributed by atoms with Crippen LogP contribution in [0.25, 0.3) is 0 Å². The normalized spacial score (nSPS) is 31.3. The summed E-state index contributed by atoms with van der Waals surface area (Å²) in [6, 6.07) is 0. The van der Waals surface area contributed by atoms with Crippen LogP contribution in [-0.4, -0.2) is 40.4 Å². The van der Waals surface area contributed by atoms with Gasteiger partial charge in [-0.25, -0.2) is 0 Å². The molecule has 0 spiro atoms. The molecule has 0 aliphatic carbocycles. The summed E-state index contributed by atoms with van der Waals surface area (Å²) < 4.78 is 6.11. The number of fused-ring (bicyclic) bond motifs is 2. The lowest BCUT2D eigenvalue weighted by atomic mass is 9.78. The van der Waals surface area contributed by atoms with Crippen LogP contribution in [0.4, 0.5) is 0 Å². The van der Waals surface area contributed by atoms with Gasteiger partial charge in [0.1, 0.15) is 0 Å². The Morgan fingerprint density at radius 3 is 2.76 bits per heavy atom. The number of ether oxygens (including phenoxy) is 1. The average Bonchev–Trinajstić information content (AvgIpc) is 3.04. The molecule has 1 N–H and O–H groups in total. The molecule has 2 rings (SSSR count). The summed E-state index contributed by atoms with van der Waals surface area (Å²) in [4.78, 5) is 10.5. The van der Waals surface area contributed by atoms with Crippen LogP contribution in [0.5, 0.6) is 0 Å². The van der Waals surface area contributed by atoms with E-state index in [1.807, 2.05) is 23.5 Å². The first-order valence-electron chi connectivity index (χ1n) is 7.81. The Bertz CT molecular complexity index is 359. The van der Waals surface area contributed by atoms with Gasteiger partial charge in [0, 0.05) is 11.5 Å². The Kier molecular flexibility index (Phi) is 7.47. The summed E-state index contributed by atoms with van der Waals surface area (Å²) >= 11 is 3.93. The predicted octanol–water partition coefficient (Wildman–Crippen LogP) is 4.03. The summed E-state index contributed by atoms with van der Waals surface area (Å²) in [6.07, 6.45) is 13.0. The predicted molar refractivity (Wildman–Crippen MR) is 91.0 cm³/mol. The molecule has 3 nitrogen and oxygen atoms in total. The molecule has 2 heterocycles. The molecule has 0 amide bonds. The molecule has 5 heteroatoms. The number of carboxylic acids is 1. The highest BCUT2D eigenvalue weighted by atomic mass is 32.2. The Hall–Kier alpha value is -0.130. The number of carbonyl (C=O) groups is 1. The van der Waals surface area contributed by atoms with Crippen LogP contribution < -0.4 is 0 Å². The summed E-state index contributed by atoms with van der Waals surface area (Å²) in [5, 5.41) is 9.78. The van der Waals surface area contributed by atoms with Crippen LogP contribution in [-0.2, 0) is 9.53 Å². The molecule has 2 saturated heterocycles. The standard InChI is InChI=1S/C16H26O3S2/c1-20-11-21-10-13-12(14-8-9-15(13)19-14)6-4-2-3-5-7-16(17)18/h2,4,12-15H,3,5-11H2,1H3,(H,17,18)/b4-2-. The van der Waals surface area contributed by atoms with Crippen molar-refractivity contribution in [3.8, 4) is 0 Å². The summed E-state index contributed by atoms with van der Waals surface area (Å²) in [7, 11) is 0. The number of hydrogen-bond donors (Lipinski definition) is 1. The van der Waals surface area contributed by atoms with Crippen LogP contribution in [0.15, 0.2) is 12.2 Å². The van der Waals surface area contributed by atoms with Gasteiger partial charge in [0.15, 0.2) is 0 Å². The molecule has 0 saturated carbocycles.